The zero-order chi connectivity index (χ0) is 23.6. The number of carbonyl (C=O) groups is 2. The van der Waals surface area contributed by atoms with Crippen LogP contribution in [0.3, 0.4) is 0 Å². The van der Waals surface area contributed by atoms with Crippen LogP contribution in [-0.2, 0) is 22.4 Å². The van der Waals surface area contributed by atoms with Gasteiger partial charge in [0.25, 0.3) is 0 Å². The van der Waals surface area contributed by atoms with Gasteiger partial charge < -0.3 is 15.0 Å². The van der Waals surface area contributed by atoms with Crippen molar-refractivity contribution >= 4 is 23.2 Å². The van der Waals surface area contributed by atoms with Crippen LogP contribution in [0.2, 0.25) is 0 Å². The van der Waals surface area contributed by atoms with E-state index in [-0.39, 0.29) is 11.8 Å². The van der Waals surface area contributed by atoms with Crippen LogP contribution >= 0.6 is 0 Å². The van der Waals surface area contributed by atoms with Crippen molar-refractivity contribution in [2.45, 2.75) is 72.1 Å². The number of amides is 2. The van der Waals surface area contributed by atoms with Crippen molar-refractivity contribution in [3.05, 3.63) is 52.1 Å². The van der Waals surface area contributed by atoms with Gasteiger partial charge in [-0.15, -0.1) is 0 Å². The van der Waals surface area contributed by atoms with Crippen LogP contribution in [-0.4, -0.2) is 26.0 Å². The molecule has 5 heteroatoms. The molecule has 4 rings (SSSR count). The van der Waals surface area contributed by atoms with Gasteiger partial charge in [0.15, 0.2) is 0 Å². The lowest BCUT2D eigenvalue weighted by Gasteiger charge is -2.28. The number of hydrogen-bond acceptors (Lipinski definition) is 3. The molecule has 0 aliphatic carbocycles. The van der Waals surface area contributed by atoms with E-state index in [1.165, 1.54) is 22.3 Å². The molecular formula is C27H36N2O3. The van der Waals surface area contributed by atoms with E-state index in [0.29, 0.717) is 24.7 Å². The number of anilines is 2. The summed E-state index contributed by atoms with van der Waals surface area (Å²) in [6.45, 7) is 10.7. The first-order valence-corrected chi connectivity index (χ1v) is 11.5. The van der Waals surface area contributed by atoms with Crippen LogP contribution in [0.15, 0.2) is 24.3 Å². The van der Waals surface area contributed by atoms with Crippen molar-refractivity contribution in [3.63, 3.8) is 0 Å². The normalized spacial score (nSPS) is 15.1. The minimum Gasteiger partial charge on any atom is -0.496 e. The summed E-state index contributed by atoms with van der Waals surface area (Å²) in [4.78, 5) is 24.8. The number of benzene rings is 2. The van der Waals surface area contributed by atoms with Gasteiger partial charge in [0, 0.05) is 31.1 Å². The Kier molecular flexibility index (Phi) is 7.27. The molecule has 5 nitrogen and oxygen atoms in total. The molecule has 2 amide bonds. The van der Waals surface area contributed by atoms with Crippen LogP contribution in [0.5, 0.6) is 5.75 Å². The average molecular weight is 437 g/mol. The molecule has 0 saturated carbocycles. The molecule has 2 aliphatic rings. The molecule has 2 aromatic carbocycles. The van der Waals surface area contributed by atoms with Crippen molar-refractivity contribution < 1.29 is 14.3 Å². The summed E-state index contributed by atoms with van der Waals surface area (Å²) in [7, 11) is 3.53. The highest BCUT2D eigenvalue weighted by atomic mass is 16.5. The second kappa shape index (κ2) is 9.76. The predicted molar refractivity (Wildman–Crippen MR) is 131 cm³/mol. The summed E-state index contributed by atoms with van der Waals surface area (Å²) < 4.78 is 5.45. The molecule has 0 radical (unpaired) electrons. The highest BCUT2D eigenvalue weighted by molar-refractivity contribution is 5.96. The van der Waals surface area contributed by atoms with E-state index in [4.69, 9.17) is 4.74 Å². The number of aryl methyl sites for hydroxylation is 1. The summed E-state index contributed by atoms with van der Waals surface area (Å²) in [5.41, 5.74) is 8.30. The van der Waals surface area contributed by atoms with Crippen LogP contribution in [0.25, 0.3) is 0 Å². The Morgan fingerprint density at radius 1 is 0.938 bits per heavy atom. The van der Waals surface area contributed by atoms with Gasteiger partial charge >= 0.3 is 0 Å². The molecule has 0 bridgehead atoms. The van der Waals surface area contributed by atoms with Gasteiger partial charge in [-0.1, -0.05) is 39.8 Å². The van der Waals surface area contributed by atoms with Crippen LogP contribution in [0.1, 0.15) is 80.2 Å². The number of hydrogen-bond donors (Lipinski definition) is 1. The summed E-state index contributed by atoms with van der Waals surface area (Å²) >= 11 is 0. The second-order valence-corrected chi connectivity index (χ2v) is 9.36. The standard InChI is InChI=1S/C14H19NO2.C13H17NO/c1-9(2)10-7-12-11(13(8-10)17-4)5-6-14(16)15(12)3;1-8(2)10-5-4-9(3)13-11(10)6-7-12(15)14-13/h7-9H,5-6H2,1-4H3;4-5,8H,6-7H2,1-3H3,(H,14,15). The number of carbonyl (C=O) groups excluding carboxylic acids is 2. The van der Waals surface area contributed by atoms with Crippen molar-refractivity contribution in [2.24, 2.45) is 0 Å². The molecule has 2 aliphatic heterocycles. The zero-order valence-corrected chi connectivity index (χ0v) is 20.5. The maximum Gasteiger partial charge on any atom is 0.227 e. The van der Waals surface area contributed by atoms with Crippen LogP contribution in [0.4, 0.5) is 11.4 Å². The third kappa shape index (κ3) is 4.82. The molecule has 0 aromatic heterocycles. The van der Waals surface area contributed by atoms with Crippen molar-refractivity contribution in [1.29, 1.82) is 0 Å². The van der Waals surface area contributed by atoms with Gasteiger partial charge in [0.2, 0.25) is 11.8 Å². The zero-order valence-electron chi connectivity index (χ0n) is 20.5. The molecule has 2 aromatic rings. The Morgan fingerprint density at radius 2 is 1.62 bits per heavy atom. The number of ether oxygens (including phenoxy) is 1. The lowest BCUT2D eigenvalue weighted by atomic mass is 9.89. The molecule has 1 N–H and O–H groups in total. The molecule has 32 heavy (non-hydrogen) atoms. The SMILES string of the molecule is COc1cc(C(C)C)cc2c1CCC(=O)N2C.Cc1ccc(C(C)C)c2c1NC(=O)CC2. The maximum atomic E-state index is 11.7. The second-order valence-electron chi connectivity index (χ2n) is 9.36. The Bertz CT molecular complexity index is 1020. The maximum absolute atomic E-state index is 11.7. The number of nitrogens with one attached hydrogen (secondary N) is 1. The van der Waals surface area contributed by atoms with Gasteiger partial charge in [-0.3, -0.25) is 9.59 Å². The van der Waals surface area contributed by atoms with E-state index >= 15 is 0 Å². The number of fused-ring (bicyclic) bond motifs is 2. The van der Waals surface area contributed by atoms with E-state index in [1.807, 2.05) is 7.05 Å². The van der Waals surface area contributed by atoms with Crippen LogP contribution < -0.4 is 15.0 Å². The molecule has 0 fully saturated rings. The van der Waals surface area contributed by atoms with Crippen LogP contribution in [0, 0.1) is 6.92 Å². The average Bonchev–Trinajstić information content (AvgIpc) is 2.76. The third-order valence-corrected chi connectivity index (χ3v) is 6.46. The lowest BCUT2D eigenvalue weighted by molar-refractivity contribution is -0.118. The Hall–Kier alpha value is -2.82. The van der Waals surface area contributed by atoms with Gasteiger partial charge in [0.05, 0.1) is 12.8 Å². The van der Waals surface area contributed by atoms with E-state index in [1.54, 1.807) is 12.0 Å². The Balaban J connectivity index is 0.000000182. The number of rotatable bonds is 3. The van der Waals surface area contributed by atoms with Gasteiger partial charge in [-0.25, -0.2) is 0 Å². The summed E-state index contributed by atoms with van der Waals surface area (Å²) in [6.07, 6.45) is 2.85. The molecule has 172 valence electrons. The first-order valence-electron chi connectivity index (χ1n) is 11.5. The smallest absolute Gasteiger partial charge is 0.227 e. The molecule has 0 saturated heterocycles. The largest absolute Gasteiger partial charge is 0.496 e. The molecule has 0 unspecified atom stereocenters. The third-order valence-electron chi connectivity index (χ3n) is 6.46. The number of nitrogens with zero attached hydrogens (tertiary/aromatic N) is 1. The van der Waals surface area contributed by atoms with E-state index in [2.05, 4.69) is 64.2 Å². The highest BCUT2D eigenvalue weighted by Crippen LogP contribution is 2.37. The van der Waals surface area contributed by atoms with E-state index in [9.17, 15) is 9.59 Å². The molecule has 0 spiro atoms. The van der Waals surface area contributed by atoms with E-state index in [0.717, 1.165) is 35.5 Å². The molecular weight excluding hydrogens is 400 g/mol. The fourth-order valence-corrected chi connectivity index (χ4v) is 4.46. The highest BCUT2D eigenvalue weighted by Gasteiger charge is 2.25. The predicted octanol–water partition coefficient (Wildman–Crippen LogP) is 5.73. The Morgan fingerprint density at radius 3 is 2.25 bits per heavy atom. The minimum atomic E-state index is 0.145. The fourth-order valence-electron chi connectivity index (χ4n) is 4.46. The fraction of sp³-hybridized carbons (Fsp3) is 0.481. The molecule has 0 atom stereocenters. The van der Waals surface area contributed by atoms with Gasteiger partial charge in [-0.05, 0) is 66.0 Å². The van der Waals surface area contributed by atoms with E-state index < -0.39 is 0 Å². The minimum absolute atomic E-state index is 0.145. The van der Waals surface area contributed by atoms with Gasteiger partial charge in [-0.2, -0.15) is 0 Å². The summed E-state index contributed by atoms with van der Waals surface area (Å²) in [5, 5.41) is 2.98. The summed E-state index contributed by atoms with van der Waals surface area (Å²) in [6, 6.07) is 8.49. The first-order chi connectivity index (χ1) is 15.1. The quantitative estimate of drug-likeness (QED) is 0.668. The van der Waals surface area contributed by atoms with Gasteiger partial charge in [0.1, 0.15) is 5.75 Å². The monoisotopic (exact) mass is 436 g/mol. The van der Waals surface area contributed by atoms with Crippen molar-refractivity contribution in [1.82, 2.24) is 0 Å². The topological polar surface area (TPSA) is 58.6 Å². The Labute approximate surface area is 192 Å². The van der Waals surface area contributed by atoms with Crippen molar-refractivity contribution in [2.75, 3.05) is 24.4 Å². The first kappa shape index (κ1) is 23.8. The lowest BCUT2D eigenvalue weighted by Crippen LogP contribution is -2.31. The molecule has 2 heterocycles. The number of methoxy groups -OCH3 is 1. The van der Waals surface area contributed by atoms with Crippen molar-refractivity contribution in [3.8, 4) is 5.75 Å². The summed E-state index contributed by atoms with van der Waals surface area (Å²) in [5.74, 6) is 2.19.